The molecule has 0 bridgehead atoms. The van der Waals surface area contributed by atoms with E-state index in [1.807, 2.05) is 4.90 Å². The number of nitrogens with one attached hydrogen (secondary N) is 2. The van der Waals surface area contributed by atoms with Crippen molar-refractivity contribution in [1.29, 1.82) is 0 Å². The number of pyridine rings is 1. The van der Waals surface area contributed by atoms with Gasteiger partial charge in [0.15, 0.2) is 5.43 Å². The molecule has 144 valence electrons. The molecule has 1 aliphatic heterocycles. The normalized spacial score (nSPS) is 14.1. The second-order valence-corrected chi connectivity index (χ2v) is 7.51. The van der Waals surface area contributed by atoms with Crippen LogP contribution in [-0.4, -0.2) is 28.9 Å². The number of hydrogen-bond donors (Lipinski definition) is 2. The molecule has 28 heavy (non-hydrogen) atoms. The summed E-state index contributed by atoms with van der Waals surface area (Å²) in [6.45, 7) is 2.94. The van der Waals surface area contributed by atoms with Gasteiger partial charge < -0.3 is 10.3 Å². The van der Waals surface area contributed by atoms with Gasteiger partial charge in [-0.15, -0.1) is 0 Å². The van der Waals surface area contributed by atoms with Crippen LogP contribution >= 0.6 is 11.6 Å². The molecule has 0 aliphatic carbocycles. The average Bonchev–Trinajstić information content (AvgIpc) is 2.63. The Morgan fingerprint density at radius 3 is 2.93 bits per heavy atom. The number of aryl methyl sites for hydroxylation is 1. The summed E-state index contributed by atoms with van der Waals surface area (Å²) >= 11 is 5.94. The van der Waals surface area contributed by atoms with Crippen LogP contribution < -0.4 is 10.7 Å². The molecule has 0 radical (unpaired) electrons. The van der Waals surface area contributed by atoms with Crippen LogP contribution in [0.5, 0.6) is 0 Å². The lowest BCUT2D eigenvalue weighted by Crippen LogP contribution is -2.39. The van der Waals surface area contributed by atoms with E-state index in [0.29, 0.717) is 52.3 Å². The van der Waals surface area contributed by atoms with Crippen molar-refractivity contribution in [3.05, 3.63) is 74.3 Å². The summed E-state index contributed by atoms with van der Waals surface area (Å²) < 4.78 is 13.8. The van der Waals surface area contributed by atoms with E-state index in [0.717, 1.165) is 5.69 Å². The molecule has 1 aromatic heterocycles. The second kappa shape index (κ2) is 7.37. The number of carbonyl (C=O) groups excluding carboxylic acids is 1. The van der Waals surface area contributed by atoms with Crippen LogP contribution in [-0.2, 0) is 17.8 Å². The van der Waals surface area contributed by atoms with Gasteiger partial charge in [-0.1, -0.05) is 17.7 Å². The van der Waals surface area contributed by atoms with Crippen LogP contribution in [0.2, 0.25) is 5.02 Å². The monoisotopic (exact) mass is 399 g/mol. The number of carbonyl (C=O) groups is 1. The summed E-state index contributed by atoms with van der Waals surface area (Å²) in [4.78, 5) is 30.5. The fourth-order valence-electron chi connectivity index (χ4n) is 3.67. The molecule has 1 aliphatic rings. The maximum Gasteiger partial charge on any atom is 0.238 e. The molecule has 0 saturated heterocycles. The predicted octanol–water partition coefficient (Wildman–Crippen LogP) is 3.63. The minimum atomic E-state index is -0.427. The summed E-state index contributed by atoms with van der Waals surface area (Å²) in [7, 11) is 0. The molecule has 2 heterocycles. The molecule has 5 nitrogen and oxygen atoms in total. The number of amides is 1. The van der Waals surface area contributed by atoms with Gasteiger partial charge in [0.2, 0.25) is 5.91 Å². The van der Waals surface area contributed by atoms with Crippen molar-refractivity contribution in [2.45, 2.75) is 19.9 Å². The first-order valence-corrected chi connectivity index (χ1v) is 9.40. The number of H-pyrrole nitrogens is 1. The Hall–Kier alpha value is -2.70. The molecule has 0 unspecified atom stereocenters. The van der Waals surface area contributed by atoms with Crippen LogP contribution in [0.1, 0.15) is 16.8 Å². The van der Waals surface area contributed by atoms with Gasteiger partial charge in [0.1, 0.15) is 5.82 Å². The zero-order valence-electron chi connectivity index (χ0n) is 15.3. The van der Waals surface area contributed by atoms with Gasteiger partial charge in [-0.05, 0) is 42.8 Å². The van der Waals surface area contributed by atoms with Crippen molar-refractivity contribution in [3.63, 3.8) is 0 Å². The molecule has 7 heteroatoms. The summed E-state index contributed by atoms with van der Waals surface area (Å²) in [5.41, 5.74) is 3.30. The number of benzene rings is 2. The molecule has 2 aromatic carbocycles. The maximum atomic E-state index is 13.8. The fourth-order valence-corrected chi connectivity index (χ4v) is 3.86. The Bertz CT molecular complexity index is 1140. The minimum Gasteiger partial charge on any atom is -0.358 e. The smallest absolute Gasteiger partial charge is 0.238 e. The number of rotatable bonds is 3. The van der Waals surface area contributed by atoms with E-state index in [9.17, 15) is 14.0 Å². The van der Waals surface area contributed by atoms with Gasteiger partial charge >= 0.3 is 0 Å². The van der Waals surface area contributed by atoms with Crippen molar-refractivity contribution in [1.82, 2.24) is 9.88 Å². The first kappa shape index (κ1) is 18.7. The van der Waals surface area contributed by atoms with Gasteiger partial charge in [0.05, 0.1) is 12.1 Å². The number of aromatic nitrogens is 1. The largest absolute Gasteiger partial charge is 0.358 e. The van der Waals surface area contributed by atoms with E-state index in [1.54, 1.807) is 31.2 Å². The minimum absolute atomic E-state index is 0.158. The maximum absolute atomic E-state index is 13.8. The quantitative estimate of drug-likeness (QED) is 0.707. The lowest BCUT2D eigenvalue weighted by atomic mass is 10.0. The summed E-state index contributed by atoms with van der Waals surface area (Å²) in [6.07, 6.45) is 0.627. The lowest BCUT2D eigenvalue weighted by Gasteiger charge is -2.28. The molecular weight excluding hydrogens is 381 g/mol. The zero-order chi connectivity index (χ0) is 19.8. The molecule has 2 N–H and O–H groups in total. The van der Waals surface area contributed by atoms with Crippen LogP contribution in [0.25, 0.3) is 10.9 Å². The van der Waals surface area contributed by atoms with E-state index in [2.05, 4.69) is 10.3 Å². The highest BCUT2D eigenvalue weighted by Crippen LogP contribution is 2.22. The first-order chi connectivity index (χ1) is 13.4. The molecule has 0 atom stereocenters. The molecule has 0 spiro atoms. The van der Waals surface area contributed by atoms with Crippen molar-refractivity contribution < 1.29 is 9.18 Å². The number of halogens is 2. The van der Waals surface area contributed by atoms with Crippen molar-refractivity contribution in [3.8, 4) is 0 Å². The number of nitrogens with zero attached hydrogens (tertiary/aromatic N) is 1. The average molecular weight is 400 g/mol. The van der Waals surface area contributed by atoms with Crippen molar-refractivity contribution in [2.75, 3.05) is 18.4 Å². The predicted molar refractivity (Wildman–Crippen MR) is 108 cm³/mol. The van der Waals surface area contributed by atoms with E-state index in [4.69, 9.17) is 11.6 Å². The first-order valence-electron chi connectivity index (χ1n) is 9.02. The van der Waals surface area contributed by atoms with E-state index < -0.39 is 5.82 Å². The van der Waals surface area contributed by atoms with E-state index in [1.165, 1.54) is 12.1 Å². The third kappa shape index (κ3) is 3.66. The third-order valence-corrected chi connectivity index (χ3v) is 5.23. The summed E-state index contributed by atoms with van der Waals surface area (Å²) in [6, 6.07) is 9.63. The molecule has 1 amide bonds. The van der Waals surface area contributed by atoms with Crippen molar-refractivity contribution in [2.24, 2.45) is 0 Å². The number of hydrogen-bond acceptors (Lipinski definition) is 3. The molecular formula is C21H19ClFN3O2. The van der Waals surface area contributed by atoms with E-state index >= 15 is 0 Å². The number of anilines is 1. The molecule has 3 aromatic rings. The van der Waals surface area contributed by atoms with E-state index in [-0.39, 0.29) is 17.9 Å². The Morgan fingerprint density at radius 1 is 1.32 bits per heavy atom. The molecule has 0 saturated carbocycles. The summed E-state index contributed by atoms with van der Waals surface area (Å²) in [5.74, 6) is -0.603. The van der Waals surface area contributed by atoms with Gasteiger partial charge in [0.25, 0.3) is 0 Å². The van der Waals surface area contributed by atoms with Crippen LogP contribution in [0.15, 0.2) is 41.2 Å². The highest BCUT2D eigenvalue weighted by molar-refractivity contribution is 6.30. The Morgan fingerprint density at radius 2 is 2.14 bits per heavy atom. The van der Waals surface area contributed by atoms with Gasteiger partial charge in [-0.25, -0.2) is 4.39 Å². The van der Waals surface area contributed by atoms with Crippen LogP contribution in [0.3, 0.4) is 0 Å². The highest BCUT2D eigenvalue weighted by atomic mass is 35.5. The van der Waals surface area contributed by atoms with Crippen LogP contribution in [0.4, 0.5) is 10.1 Å². The Kier molecular flexibility index (Phi) is 4.91. The molecule has 0 fully saturated rings. The standard InChI is InChI=1S/C21H19ClFN3O2/c1-12-7-14(23)9-16-20(12)25-18-5-6-26(10-17(18)21(16)28)11-19(27)24-15-4-2-3-13(22)8-15/h2-4,7-9H,5-6,10-11H2,1H3,(H,24,27)(H,25,28). The summed E-state index contributed by atoms with van der Waals surface area (Å²) in [5, 5.41) is 3.71. The SMILES string of the molecule is Cc1cc(F)cc2c(=O)c3c([nH]c12)CCN(CC(=O)Nc1cccc(Cl)c1)C3. The van der Waals surface area contributed by atoms with Crippen molar-refractivity contribution >= 4 is 34.1 Å². The van der Waals surface area contributed by atoms with Crippen LogP contribution in [0, 0.1) is 12.7 Å². The molecule has 4 rings (SSSR count). The zero-order valence-corrected chi connectivity index (χ0v) is 16.1. The second-order valence-electron chi connectivity index (χ2n) is 7.08. The number of fused-ring (bicyclic) bond motifs is 2. The highest BCUT2D eigenvalue weighted by Gasteiger charge is 2.23. The lowest BCUT2D eigenvalue weighted by molar-refractivity contribution is -0.117. The van der Waals surface area contributed by atoms with Gasteiger partial charge in [0, 0.05) is 46.9 Å². The Balaban J connectivity index is 1.55. The number of aromatic amines is 1. The fraction of sp³-hybridized carbons (Fsp3) is 0.238. The van der Waals surface area contributed by atoms with Gasteiger partial charge in [-0.3, -0.25) is 14.5 Å². The van der Waals surface area contributed by atoms with Gasteiger partial charge in [-0.2, -0.15) is 0 Å². The Labute approximate surface area is 166 Å². The topological polar surface area (TPSA) is 65.2 Å². The third-order valence-electron chi connectivity index (χ3n) is 4.99.